The Morgan fingerprint density at radius 2 is 1.87 bits per heavy atom. The molecule has 4 nitrogen and oxygen atoms in total. The molecule has 0 spiro atoms. The van der Waals surface area contributed by atoms with E-state index in [9.17, 15) is 4.79 Å². The molecule has 0 unspecified atom stereocenters. The number of hydrogen-bond donors (Lipinski definition) is 1. The Balaban J connectivity index is 1.68. The van der Waals surface area contributed by atoms with Crippen molar-refractivity contribution in [2.45, 2.75) is 19.6 Å². The molecule has 122 valence electrons. The van der Waals surface area contributed by atoms with Gasteiger partial charge in [-0.15, -0.1) is 0 Å². The first kappa shape index (κ1) is 17.3. The van der Waals surface area contributed by atoms with Gasteiger partial charge in [0.05, 0.1) is 19.6 Å². The van der Waals surface area contributed by atoms with E-state index in [4.69, 9.17) is 21.1 Å². The molecule has 0 aliphatic heterocycles. The van der Waals surface area contributed by atoms with Gasteiger partial charge in [0.1, 0.15) is 5.75 Å². The van der Waals surface area contributed by atoms with Crippen LogP contribution in [0.1, 0.15) is 17.5 Å². The van der Waals surface area contributed by atoms with Gasteiger partial charge in [-0.3, -0.25) is 4.79 Å². The highest BCUT2D eigenvalue weighted by molar-refractivity contribution is 6.30. The summed E-state index contributed by atoms with van der Waals surface area (Å²) in [5, 5.41) is 3.49. The van der Waals surface area contributed by atoms with Crippen molar-refractivity contribution in [1.29, 1.82) is 0 Å². The molecular formula is C18H20ClNO3. The van der Waals surface area contributed by atoms with Gasteiger partial charge in [0.2, 0.25) is 5.91 Å². The zero-order valence-electron chi connectivity index (χ0n) is 13.0. The Morgan fingerprint density at radius 3 is 2.57 bits per heavy atom. The molecule has 5 heteroatoms. The van der Waals surface area contributed by atoms with Crippen LogP contribution >= 0.6 is 11.6 Å². The largest absolute Gasteiger partial charge is 0.493 e. The molecule has 0 aromatic heterocycles. The number of nitrogens with one attached hydrogen (secondary N) is 1. The third kappa shape index (κ3) is 6.30. The zero-order valence-corrected chi connectivity index (χ0v) is 13.8. The predicted octanol–water partition coefficient (Wildman–Crippen LogP) is 3.57. The van der Waals surface area contributed by atoms with Crippen LogP contribution in [0.2, 0.25) is 5.02 Å². The van der Waals surface area contributed by atoms with Crippen molar-refractivity contribution in [1.82, 2.24) is 5.32 Å². The molecule has 23 heavy (non-hydrogen) atoms. The fourth-order valence-corrected chi connectivity index (χ4v) is 2.21. The van der Waals surface area contributed by atoms with Gasteiger partial charge in [-0.2, -0.15) is 0 Å². The molecule has 0 bridgehead atoms. The number of halogens is 1. The fraction of sp³-hybridized carbons (Fsp3) is 0.278. The number of rotatable bonds is 8. The van der Waals surface area contributed by atoms with Gasteiger partial charge < -0.3 is 14.8 Å². The van der Waals surface area contributed by atoms with Crippen LogP contribution < -0.4 is 10.1 Å². The predicted molar refractivity (Wildman–Crippen MR) is 90.6 cm³/mol. The van der Waals surface area contributed by atoms with Crippen LogP contribution in [0.3, 0.4) is 0 Å². The summed E-state index contributed by atoms with van der Waals surface area (Å²) < 4.78 is 10.6. The van der Waals surface area contributed by atoms with Crippen molar-refractivity contribution in [2.75, 3.05) is 13.7 Å². The third-order valence-electron chi connectivity index (χ3n) is 3.22. The van der Waals surface area contributed by atoms with Crippen LogP contribution in [0.15, 0.2) is 48.5 Å². The maximum atomic E-state index is 11.8. The molecule has 0 aliphatic carbocycles. The van der Waals surface area contributed by atoms with E-state index in [1.807, 2.05) is 36.4 Å². The second kappa shape index (κ2) is 9.18. The molecule has 2 aromatic rings. The molecule has 0 atom stereocenters. The molecule has 2 aromatic carbocycles. The van der Waals surface area contributed by atoms with E-state index in [-0.39, 0.29) is 5.91 Å². The highest BCUT2D eigenvalue weighted by Gasteiger charge is 2.03. The second-order valence-electron chi connectivity index (χ2n) is 5.08. The molecule has 0 heterocycles. The second-order valence-corrected chi connectivity index (χ2v) is 5.52. The summed E-state index contributed by atoms with van der Waals surface area (Å²) in [6.45, 7) is 1.41. The Kier molecular flexibility index (Phi) is 6.91. The Labute approximate surface area is 141 Å². The SMILES string of the molecule is COCc1ccc(CNC(=O)CCOc2cccc(Cl)c2)cc1. The quantitative estimate of drug-likeness (QED) is 0.803. The van der Waals surface area contributed by atoms with Gasteiger partial charge in [-0.05, 0) is 29.3 Å². The first-order chi connectivity index (χ1) is 11.2. The van der Waals surface area contributed by atoms with E-state index >= 15 is 0 Å². The average Bonchev–Trinajstić information content (AvgIpc) is 2.55. The van der Waals surface area contributed by atoms with Crippen molar-refractivity contribution >= 4 is 17.5 Å². The van der Waals surface area contributed by atoms with Crippen LogP contribution in [0.5, 0.6) is 5.75 Å². The van der Waals surface area contributed by atoms with E-state index in [0.717, 1.165) is 11.1 Å². The number of amides is 1. The van der Waals surface area contributed by atoms with Crippen molar-refractivity contribution in [3.05, 3.63) is 64.7 Å². The minimum Gasteiger partial charge on any atom is -0.493 e. The molecule has 0 fully saturated rings. The van der Waals surface area contributed by atoms with Crippen molar-refractivity contribution < 1.29 is 14.3 Å². The van der Waals surface area contributed by atoms with E-state index < -0.39 is 0 Å². The molecule has 1 amide bonds. The third-order valence-corrected chi connectivity index (χ3v) is 3.45. The summed E-state index contributed by atoms with van der Waals surface area (Å²) in [5.41, 5.74) is 2.16. The molecular weight excluding hydrogens is 314 g/mol. The van der Waals surface area contributed by atoms with Crippen LogP contribution in [-0.4, -0.2) is 19.6 Å². The number of ether oxygens (including phenoxy) is 2. The zero-order chi connectivity index (χ0) is 16.5. The lowest BCUT2D eigenvalue weighted by Crippen LogP contribution is -2.24. The molecule has 1 N–H and O–H groups in total. The average molecular weight is 334 g/mol. The van der Waals surface area contributed by atoms with E-state index in [1.54, 1.807) is 19.2 Å². The lowest BCUT2D eigenvalue weighted by molar-refractivity contribution is -0.121. The summed E-state index contributed by atoms with van der Waals surface area (Å²) in [6.07, 6.45) is 0.300. The lowest BCUT2D eigenvalue weighted by Gasteiger charge is -2.08. The normalized spacial score (nSPS) is 10.3. The van der Waals surface area contributed by atoms with E-state index in [1.165, 1.54) is 0 Å². The van der Waals surface area contributed by atoms with Crippen LogP contribution in [0, 0.1) is 0 Å². The maximum absolute atomic E-state index is 11.8. The fourth-order valence-electron chi connectivity index (χ4n) is 2.03. The smallest absolute Gasteiger partial charge is 0.223 e. The number of hydrogen-bond acceptors (Lipinski definition) is 3. The number of methoxy groups -OCH3 is 1. The molecule has 0 saturated heterocycles. The Morgan fingerprint density at radius 1 is 1.13 bits per heavy atom. The van der Waals surface area contributed by atoms with Crippen molar-refractivity contribution in [3.8, 4) is 5.75 Å². The van der Waals surface area contributed by atoms with Gasteiger partial charge in [0, 0.05) is 18.7 Å². The summed E-state index contributed by atoms with van der Waals surface area (Å²) in [6, 6.07) is 15.1. The van der Waals surface area contributed by atoms with E-state index in [2.05, 4.69) is 5.32 Å². The highest BCUT2D eigenvalue weighted by Crippen LogP contribution is 2.17. The maximum Gasteiger partial charge on any atom is 0.223 e. The molecule has 0 saturated carbocycles. The van der Waals surface area contributed by atoms with Gasteiger partial charge in [0.15, 0.2) is 0 Å². The van der Waals surface area contributed by atoms with Crippen molar-refractivity contribution in [2.24, 2.45) is 0 Å². The number of carbonyl (C=O) groups excluding carboxylic acids is 1. The van der Waals surface area contributed by atoms with Crippen LogP contribution in [-0.2, 0) is 22.7 Å². The Hall–Kier alpha value is -2.04. The summed E-state index contributed by atoms with van der Waals surface area (Å²) in [7, 11) is 1.67. The van der Waals surface area contributed by atoms with Crippen LogP contribution in [0.25, 0.3) is 0 Å². The highest BCUT2D eigenvalue weighted by atomic mass is 35.5. The lowest BCUT2D eigenvalue weighted by atomic mass is 10.1. The van der Waals surface area contributed by atoms with E-state index in [0.29, 0.717) is 37.0 Å². The topological polar surface area (TPSA) is 47.6 Å². The van der Waals surface area contributed by atoms with Crippen LogP contribution in [0.4, 0.5) is 0 Å². The summed E-state index contributed by atoms with van der Waals surface area (Å²) >= 11 is 5.87. The standard InChI is InChI=1S/C18H20ClNO3/c1-22-13-15-7-5-14(6-8-15)12-20-18(21)9-10-23-17-4-2-3-16(19)11-17/h2-8,11H,9-10,12-13H2,1H3,(H,20,21). The van der Waals surface area contributed by atoms with Gasteiger partial charge >= 0.3 is 0 Å². The molecule has 2 rings (SSSR count). The van der Waals surface area contributed by atoms with Gasteiger partial charge in [-0.25, -0.2) is 0 Å². The first-order valence-corrected chi connectivity index (χ1v) is 7.77. The first-order valence-electron chi connectivity index (χ1n) is 7.39. The summed E-state index contributed by atoms with van der Waals surface area (Å²) in [5.74, 6) is 0.618. The Bertz CT molecular complexity index is 628. The monoisotopic (exact) mass is 333 g/mol. The number of benzene rings is 2. The minimum atomic E-state index is -0.0482. The molecule has 0 radical (unpaired) electrons. The van der Waals surface area contributed by atoms with Crippen molar-refractivity contribution in [3.63, 3.8) is 0 Å². The minimum absolute atomic E-state index is 0.0482. The molecule has 0 aliphatic rings. The van der Waals surface area contributed by atoms with Gasteiger partial charge in [0.25, 0.3) is 0 Å². The number of carbonyl (C=O) groups is 1. The van der Waals surface area contributed by atoms with Gasteiger partial charge in [-0.1, -0.05) is 41.9 Å². The summed E-state index contributed by atoms with van der Waals surface area (Å²) in [4.78, 5) is 11.8.